The quantitative estimate of drug-likeness (QED) is 0.893. The first-order valence-corrected chi connectivity index (χ1v) is 6.58. The Kier molecular flexibility index (Phi) is 3.93. The number of nitrogens with one attached hydrogen (secondary N) is 1. The van der Waals surface area contributed by atoms with E-state index in [0.29, 0.717) is 5.92 Å². The third kappa shape index (κ3) is 2.52. The molecule has 0 radical (unpaired) electrons. The number of morpholine rings is 1. The average Bonchev–Trinajstić information content (AvgIpc) is 2.38. The molecule has 1 aliphatic rings. The molecular formula is C15H23NO2. The maximum atomic E-state index is 6.32. The molecular weight excluding hydrogens is 226 g/mol. The molecule has 100 valence electrons. The van der Waals surface area contributed by atoms with Gasteiger partial charge in [0.05, 0.1) is 18.8 Å². The molecule has 1 aromatic rings. The van der Waals surface area contributed by atoms with Gasteiger partial charge < -0.3 is 14.8 Å². The maximum absolute atomic E-state index is 6.32. The van der Waals surface area contributed by atoms with Crippen molar-refractivity contribution >= 4 is 0 Å². The second-order valence-corrected chi connectivity index (χ2v) is 5.45. The van der Waals surface area contributed by atoms with Crippen LogP contribution >= 0.6 is 0 Å². The van der Waals surface area contributed by atoms with E-state index in [1.165, 1.54) is 0 Å². The van der Waals surface area contributed by atoms with Crippen molar-refractivity contribution in [2.24, 2.45) is 5.92 Å². The summed E-state index contributed by atoms with van der Waals surface area (Å²) in [7, 11) is 1.71. The Hall–Kier alpha value is -1.06. The summed E-state index contributed by atoms with van der Waals surface area (Å²) >= 11 is 0. The fraction of sp³-hybridized carbons (Fsp3) is 0.600. The average molecular weight is 249 g/mol. The molecule has 1 saturated heterocycles. The van der Waals surface area contributed by atoms with Crippen molar-refractivity contribution < 1.29 is 9.47 Å². The van der Waals surface area contributed by atoms with E-state index in [1.54, 1.807) is 7.11 Å². The normalized spacial score (nSPS) is 28.4. The fourth-order valence-electron chi connectivity index (χ4n) is 2.31. The number of methoxy groups -OCH3 is 1. The van der Waals surface area contributed by atoms with Gasteiger partial charge in [-0.15, -0.1) is 0 Å². The van der Waals surface area contributed by atoms with Gasteiger partial charge in [0.15, 0.2) is 0 Å². The Morgan fingerprint density at radius 2 is 2.11 bits per heavy atom. The van der Waals surface area contributed by atoms with Crippen LogP contribution in [0.3, 0.4) is 0 Å². The Balaban J connectivity index is 2.23. The lowest BCUT2D eigenvalue weighted by atomic mass is 9.89. The van der Waals surface area contributed by atoms with Gasteiger partial charge in [-0.25, -0.2) is 0 Å². The van der Waals surface area contributed by atoms with Gasteiger partial charge in [-0.2, -0.15) is 0 Å². The lowest BCUT2D eigenvalue weighted by Crippen LogP contribution is -2.52. The highest BCUT2D eigenvalue weighted by molar-refractivity contribution is 5.35. The molecule has 1 aromatic carbocycles. The van der Waals surface area contributed by atoms with Crippen molar-refractivity contribution in [3.05, 3.63) is 29.8 Å². The smallest absolute Gasteiger partial charge is 0.124 e. The molecule has 0 aliphatic carbocycles. The van der Waals surface area contributed by atoms with Crippen LogP contribution in [0.2, 0.25) is 0 Å². The number of ether oxygens (including phenoxy) is 2. The van der Waals surface area contributed by atoms with E-state index in [9.17, 15) is 0 Å². The fourth-order valence-corrected chi connectivity index (χ4v) is 2.31. The van der Waals surface area contributed by atoms with Gasteiger partial charge >= 0.3 is 0 Å². The minimum atomic E-state index is -0.121. The van der Waals surface area contributed by atoms with Gasteiger partial charge in [-0.3, -0.25) is 0 Å². The lowest BCUT2D eigenvalue weighted by Gasteiger charge is -2.42. The minimum absolute atomic E-state index is 0.0577. The van der Waals surface area contributed by atoms with E-state index in [2.05, 4.69) is 32.2 Å². The predicted molar refractivity (Wildman–Crippen MR) is 72.9 cm³/mol. The van der Waals surface area contributed by atoms with Crippen molar-refractivity contribution in [1.82, 2.24) is 5.32 Å². The van der Waals surface area contributed by atoms with Crippen molar-refractivity contribution in [2.45, 2.75) is 32.5 Å². The van der Waals surface area contributed by atoms with Crippen LogP contribution in [0.4, 0.5) is 0 Å². The topological polar surface area (TPSA) is 30.5 Å². The summed E-state index contributed by atoms with van der Waals surface area (Å²) in [6.45, 7) is 8.31. The van der Waals surface area contributed by atoms with Crippen molar-refractivity contribution in [2.75, 3.05) is 20.2 Å². The molecule has 1 fully saturated rings. The third-order valence-electron chi connectivity index (χ3n) is 3.92. The summed E-state index contributed by atoms with van der Waals surface area (Å²) in [5.41, 5.74) is 1.00. The lowest BCUT2D eigenvalue weighted by molar-refractivity contribution is -0.132. The second-order valence-electron chi connectivity index (χ2n) is 5.45. The molecule has 3 nitrogen and oxygen atoms in total. The number of para-hydroxylation sites is 1. The summed E-state index contributed by atoms with van der Waals surface area (Å²) in [6, 6.07) is 8.08. The zero-order chi connectivity index (χ0) is 13.2. The van der Waals surface area contributed by atoms with Gasteiger partial charge in [0.1, 0.15) is 5.75 Å². The molecule has 2 atom stereocenters. The molecule has 18 heavy (non-hydrogen) atoms. The second kappa shape index (κ2) is 5.29. The number of rotatable bonds is 3. The first-order valence-electron chi connectivity index (χ1n) is 6.58. The van der Waals surface area contributed by atoms with E-state index >= 15 is 0 Å². The van der Waals surface area contributed by atoms with Crippen molar-refractivity contribution in [3.63, 3.8) is 0 Å². The molecule has 0 amide bonds. The summed E-state index contributed by atoms with van der Waals surface area (Å²) < 4.78 is 11.7. The van der Waals surface area contributed by atoms with E-state index in [-0.39, 0.29) is 11.7 Å². The van der Waals surface area contributed by atoms with Crippen LogP contribution in [0, 0.1) is 5.92 Å². The Labute approximate surface area is 109 Å². The van der Waals surface area contributed by atoms with Crippen LogP contribution in [0.15, 0.2) is 24.3 Å². The maximum Gasteiger partial charge on any atom is 0.124 e. The van der Waals surface area contributed by atoms with Crippen molar-refractivity contribution in [3.8, 4) is 5.75 Å². The largest absolute Gasteiger partial charge is 0.496 e. The van der Waals surface area contributed by atoms with Crippen LogP contribution in [0.25, 0.3) is 0 Å². The number of benzene rings is 1. The van der Waals surface area contributed by atoms with E-state index in [0.717, 1.165) is 24.4 Å². The van der Waals surface area contributed by atoms with Gasteiger partial charge in [0, 0.05) is 18.7 Å². The highest BCUT2D eigenvalue weighted by Crippen LogP contribution is 2.35. The molecule has 0 spiro atoms. The molecule has 1 heterocycles. The van der Waals surface area contributed by atoms with Crippen LogP contribution in [0.1, 0.15) is 32.4 Å². The molecule has 0 bridgehead atoms. The number of hydrogen-bond donors (Lipinski definition) is 1. The van der Waals surface area contributed by atoms with Gasteiger partial charge in [-0.1, -0.05) is 32.0 Å². The first-order chi connectivity index (χ1) is 8.57. The van der Waals surface area contributed by atoms with E-state index < -0.39 is 0 Å². The highest BCUT2D eigenvalue weighted by Gasteiger charge is 2.36. The first kappa shape index (κ1) is 13.4. The summed E-state index contributed by atoms with van der Waals surface area (Å²) in [4.78, 5) is 0. The molecule has 2 rings (SSSR count). The van der Waals surface area contributed by atoms with E-state index in [4.69, 9.17) is 9.47 Å². The molecule has 0 aromatic heterocycles. The SMILES string of the molecule is COc1ccccc1C1CNCC(C)(C(C)C)O1. The predicted octanol–water partition coefficient (Wildman–Crippen LogP) is 2.77. The Morgan fingerprint density at radius 3 is 2.78 bits per heavy atom. The van der Waals surface area contributed by atoms with Gasteiger partial charge in [0.25, 0.3) is 0 Å². The van der Waals surface area contributed by atoms with Crippen molar-refractivity contribution in [1.29, 1.82) is 0 Å². The number of hydrogen-bond acceptors (Lipinski definition) is 3. The summed E-state index contributed by atoms with van der Waals surface area (Å²) in [6.07, 6.45) is 0.0577. The highest BCUT2D eigenvalue weighted by atomic mass is 16.5. The van der Waals surface area contributed by atoms with Crippen LogP contribution in [0.5, 0.6) is 5.75 Å². The Morgan fingerprint density at radius 1 is 1.39 bits per heavy atom. The molecule has 0 saturated carbocycles. The summed E-state index contributed by atoms with van der Waals surface area (Å²) in [5, 5.41) is 3.48. The van der Waals surface area contributed by atoms with Crippen LogP contribution in [-0.2, 0) is 4.74 Å². The molecule has 2 unspecified atom stereocenters. The Bertz CT molecular complexity index is 405. The standard InChI is InChI=1S/C15H23NO2/c1-11(2)15(3)10-16-9-14(18-15)12-7-5-6-8-13(12)17-4/h5-8,11,14,16H,9-10H2,1-4H3. The molecule has 3 heteroatoms. The van der Waals surface area contributed by atoms with E-state index in [1.807, 2.05) is 18.2 Å². The monoisotopic (exact) mass is 249 g/mol. The van der Waals surface area contributed by atoms with Gasteiger partial charge in [-0.05, 0) is 18.9 Å². The van der Waals surface area contributed by atoms with Crippen LogP contribution < -0.4 is 10.1 Å². The van der Waals surface area contributed by atoms with Gasteiger partial charge in [0.2, 0.25) is 0 Å². The summed E-state index contributed by atoms with van der Waals surface area (Å²) in [5.74, 6) is 1.37. The zero-order valence-electron chi connectivity index (χ0n) is 11.7. The third-order valence-corrected chi connectivity index (χ3v) is 3.92. The minimum Gasteiger partial charge on any atom is -0.496 e. The zero-order valence-corrected chi connectivity index (χ0v) is 11.7. The molecule has 1 N–H and O–H groups in total. The molecule has 1 aliphatic heterocycles. The van der Waals surface area contributed by atoms with Crippen LogP contribution in [-0.4, -0.2) is 25.8 Å².